The highest BCUT2D eigenvalue weighted by Gasteiger charge is 2.31. The SMILES string of the molecule is O=C(Oc1ccccc1)Oc1ccc2c(c1)C(=O)c1ccc(OC(=O)Oc3ccccc3)cc1C2=O. The van der Waals surface area contributed by atoms with Gasteiger partial charge in [-0.25, -0.2) is 9.59 Å². The van der Waals surface area contributed by atoms with Crippen LogP contribution < -0.4 is 18.9 Å². The van der Waals surface area contributed by atoms with E-state index in [2.05, 4.69) is 0 Å². The minimum absolute atomic E-state index is 0.0443. The number of para-hydroxylation sites is 2. The van der Waals surface area contributed by atoms with E-state index in [-0.39, 0.29) is 33.8 Å². The standard InChI is InChI=1S/C28H16O8/c29-25-22-14-12-20(36-28(32)34-18-9-5-2-6-10-18)16-24(22)26(30)21-13-11-19(15-23(21)25)35-27(31)33-17-7-3-1-4-8-17/h1-16H. The van der Waals surface area contributed by atoms with Gasteiger partial charge in [0.25, 0.3) is 0 Å². The maximum atomic E-state index is 13.1. The van der Waals surface area contributed by atoms with Crippen molar-refractivity contribution in [3.05, 3.63) is 119 Å². The van der Waals surface area contributed by atoms with Crippen molar-refractivity contribution in [1.29, 1.82) is 0 Å². The van der Waals surface area contributed by atoms with E-state index < -0.39 is 23.9 Å². The molecule has 0 aromatic heterocycles. The Morgan fingerprint density at radius 1 is 0.417 bits per heavy atom. The number of benzene rings is 4. The monoisotopic (exact) mass is 480 g/mol. The van der Waals surface area contributed by atoms with Crippen LogP contribution in [0.1, 0.15) is 31.8 Å². The number of hydrogen-bond donors (Lipinski definition) is 0. The maximum Gasteiger partial charge on any atom is 0.519 e. The van der Waals surface area contributed by atoms with E-state index in [0.717, 1.165) is 0 Å². The van der Waals surface area contributed by atoms with Crippen molar-refractivity contribution >= 4 is 23.9 Å². The molecule has 0 radical (unpaired) electrons. The third-order valence-corrected chi connectivity index (χ3v) is 5.25. The second-order valence-corrected chi connectivity index (χ2v) is 7.61. The molecule has 0 N–H and O–H groups in total. The maximum absolute atomic E-state index is 13.1. The Hall–Kier alpha value is -5.24. The van der Waals surface area contributed by atoms with Crippen LogP contribution in [0, 0.1) is 0 Å². The van der Waals surface area contributed by atoms with Gasteiger partial charge in [0.05, 0.1) is 0 Å². The molecule has 0 heterocycles. The third-order valence-electron chi connectivity index (χ3n) is 5.25. The van der Waals surface area contributed by atoms with E-state index in [1.54, 1.807) is 60.7 Å². The van der Waals surface area contributed by atoms with Gasteiger partial charge in [-0.2, -0.15) is 0 Å². The predicted molar refractivity (Wildman–Crippen MR) is 126 cm³/mol. The number of carbonyl (C=O) groups is 4. The second kappa shape index (κ2) is 9.55. The highest BCUT2D eigenvalue weighted by Crippen LogP contribution is 2.32. The van der Waals surface area contributed by atoms with Crippen LogP contribution in [0.15, 0.2) is 97.1 Å². The van der Waals surface area contributed by atoms with Gasteiger partial charge in [-0.05, 0) is 60.7 Å². The lowest BCUT2D eigenvalue weighted by Crippen LogP contribution is -2.22. The quantitative estimate of drug-likeness (QED) is 0.241. The van der Waals surface area contributed by atoms with Gasteiger partial charge in [-0.1, -0.05) is 36.4 Å². The number of rotatable bonds is 4. The predicted octanol–water partition coefficient (Wildman–Crippen LogP) is 5.62. The summed E-state index contributed by atoms with van der Waals surface area (Å²) in [6.45, 7) is 0. The molecule has 1 aliphatic rings. The second-order valence-electron chi connectivity index (χ2n) is 7.61. The van der Waals surface area contributed by atoms with Crippen molar-refractivity contribution in [3.8, 4) is 23.0 Å². The van der Waals surface area contributed by atoms with Crippen LogP contribution in [0.25, 0.3) is 0 Å². The van der Waals surface area contributed by atoms with Gasteiger partial charge in [-0.3, -0.25) is 9.59 Å². The molecule has 5 rings (SSSR count). The topological polar surface area (TPSA) is 105 Å². The Bertz CT molecular complexity index is 1380. The first-order chi connectivity index (χ1) is 17.5. The van der Waals surface area contributed by atoms with Crippen molar-refractivity contribution in [2.75, 3.05) is 0 Å². The van der Waals surface area contributed by atoms with Gasteiger partial charge in [0, 0.05) is 22.3 Å². The summed E-state index contributed by atoms with van der Waals surface area (Å²) in [5, 5.41) is 0. The summed E-state index contributed by atoms with van der Waals surface area (Å²) in [5.41, 5.74) is 0.407. The van der Waals surface area contributed by atoms with E-state index >= 15 is 0 Å². The molecule has 0 amide bonds. The summed E-state index contributed by atoms with van der Waals surface area (Å²) in [5.74, 6) is -0.205. The van der Waals surface area contributed by atoms with Crippen molar-refractivity contribution < 1.29 is 38.1 Å². The molecule has 0 unspecified atom stereocenters. The van der Waals surface area contributed by atoms with Crippen LogP contribution in [0.4, 0.5) is 9.59 Å². The highest BCUT2D eigenvalue weighted by atomic mass is 16.7. The fourth-order valence-electron chi connectivity index (χ4n) is 3.64. The average molecular weight is 480 g/mol. The number of fused-ring (bicyclic) bond motifs is 2. The van der Waals surface area contributed by atoms with Crippen molar-refractivity contribution in [2.45, 2.75) is 0 Å². The van der Waals surface area contributed by atoms with E-state index in [9.17, 15) is 19.2 Å². The molecule has 4 aromatic rings. The molecule has 176 valence electrons. The zero-order chi connectivity index (χ0) is 25.1. The molecule has 8 heteroatoms. The Morgan fingerprint density at radius 3 is 1.17 bits per heavy atom. The first-order valence-corrected chi connectivity index (χ1v) is 10.7. The molecule has 0 fully saturated rings. The van der Waals surface area contributed by atoms with E-state index in [4.69, 9.17) is 18.9 Å². The number of carbonyl (C=O) groups excluding carboxylic acids is 4. The van der Waals surface area contributed by atoms with Gasteiger partial charge >= 0.3 is 12.3 Å². The zero-order valence-corrected chi connectivity index (χ0v) is 18.5. The lowest BCUT2D eigenvalue weighted by molar-refractivity contribution is 0.0978. The first kappa shape index (κ1) is 22.5. The normalized spacial score (nSPS) is 11.7. The van der Waals surface area contributed by atoms with Crippen LogP contribution in [0.3, 0.4) is 0 Å². The molecule has 36 heavy (non-hydrogen) atoms. The van der Waals surface area contributed by atoms with Gasteiger partial charge in [0.1, 0.15) is 23.0 Å². The minimum Gasteiger partial charge on any atom is -0.395 e. The van der Waals surface area contributed by atoms with Gasteiger partial charge in [0.15, 0.2) is 11.6 Å². The molecule has 0 atom stereocenters. The van der Waals surface area contributed by atoms with E-state index in [1.807, 2.05) is 0 Å². The van der Waals surface area contributed by atoms with Crippen LogP contribution in [-0.4, -0.2) is 23.9 Å². The lowest BCUT2D eigenvalue weighted by atomic mass is 9.84. The third kappa shape index (κ3) is 4.69. The molecule has 0 saturated heterocycles. The molecular weight excluding hydrogens is 464 g/mol. The number of ether oxygens (including phenoxy) is 4. The van der Waals surface area contributed by atoms with Gasteiger partial charge in [0.2, 0.25) is 0 Å². The Morgan fingerprint density at radius 2 is 0.778 bits per heavy atom. The summed E-state index contributed by atoms with van der Waals surface area (Å²) in [6, 6.07) is 24.9. The summed E-state index contributed by atoms with van der Waals surface area (Å²) in [7, 11) is 0. The molecule has 8 nitrogen and oxygen atoms in total. The Labute approximate surface area is 204 Å². The summed E-state index contributed by atoms with van der Waals surface area (Å²) >= 11 is 0. The largest absolute Gasteiger partial charge is 0.519 e. The molecule has 1 aliphatic carbocycles. The zero-order valence-electron chi connectivity index (χ0n) is 18.5. The van der Waals surface area contributed by atoms with Gasteiger partial charge in [-0.15, -0.1) is 0 Å². The molecule has 4 aromatic carbocycles. The Balaban J connectivity index is 1.32. The summed E-state index contributed by atoms with van der Waals surface area (Å²) < 4.78 is 20.5. The van der Waals surface area contributed by atoms with E-state index in [1.165, 1.54) is 36.4 Å². The van der Waals surface area contributed by atoms with Crippen LogP contribution >= 0.6 is 0 Å². The average Bonchev–Trinajstić information content (AvgIpc) is 2.88. The number of ketones is 2. The molecular formula is C28H16O8. The molecule has 0 bridgehead atoms. The van der Waals surface area contributed by atoms with Crippen molar-refractivity contribution in [3.63, 3.8) is 0 Å². The molecule has 0 saturated carbocycles. The summed E-state index contributed by atoms with van der Waals surface area (Å²) in [6.07, 6.45) is -1.97. The fourth-order valence-corrected chi connectivity index (χ4v) is 3.64. The number of hydrogen-bond acceptors (Lipinski definition) is 8. The first-order valence-electron chi connectivity index (χ1n) is 10.7. The lowest BCUT2D eigenvalue weighted by Gasteiger charge is -2.18. The summed E-state index contributed by atoms with van der Waals surface area (Å²) in [4.78, 5) is 50.4. The smallest absolute Gasteiger partial charge is 0.395 e. The van der Waals surface area contributed by atoms with E-state index in [0.29, 0.717) is 11.5 Å². The fraction of sp³-hybridized carbons (Fsp3) is 0. The minimum atomic E-state index is -0.986. The van der Waals surface area contributed by atoms with Gasteiger partial charge < -0.3 is 18.9 Å². The van der Waals surface area contributed by atoms with Crippen LogP contribution in [-0.2, 0) is 0 Å². The van der Waals surface area contributed by atoms with Crippen LogP contribution in [0.5, 0.6) is 23.0 Å². The molecule has 0 spiro atoms. The van der Waals surface area contributed by atoms with Crippen molar-refractivity contribution in [1.82, 2.24) is 0 Å². The molecule has 0 aliphatic heterocycles. The van der Waals surface area contributed by atoms with Crippen LogP contribution in [0.2, 0.25) is 0 Å². The highest BCUT2D eigenvalue weighted by molar-refractivity contribution is 6.28. The van der Waals surface area contributed by atoms with Crippen molar-refractivity contribution in [2.24, 2.45) is 0 Å². The Kier molecular flexibility index (Phi) is 5.98.